The van der Waals surface area contributed by atoms with E-state index in [9.17, 15) is 34.0 Å². The van der Waals surface area contributed by atoms with Crippen molar-refractivity contribution in [3.8, 4) is 0 Å². The van der Waals surface area contributed by atoms with E-state index in [1.165, 1.54) is 12.2 Å². The Morgan fingerprint density at radius 1 is 0.816 bits per heavy atom. The smallest absolute Gasteiger partial charge is 0.317 e. The Labute approximate surface area is 220 Å². The monoisotopic (exact) mass is 528 g/mol. The van der Waals surface area contributed by atoms with Crippen LogP contribution in [0.4, 0.5) is 0 Å². The van der Waals surface area contributed by atoms with Crippen LogP contribution in [0, 0.1) is 4.91 Å². The maximum atomic E-state index is 12.3. The summed E-state index contributed by atoms with van der Waals surface area (Å²) < 4.78 is 0. The number of nitrogens with one attached hydrogen (secondary N) is 1. The van der Waals surface area contributed by atoms with Crippen molar-refractivity contribution in [2.45, 2.75) is 13.0 Å². The molecule has 1 saturated heterocycles. The van der Waals surface area contributed by atoms with Gasteiger partial charge in [0, 0.05) is 76.2 Å². The maximum absolute atomic E-state index is 12.3. The third kappa shape index (κ3) is 9.25. The summed E-state index contributed by atoms with van der Waals surface area (Å²) in [6, 6.07) is 7.57. The fourth-order valence-electron chi connectivity index (χ4n) is 4.30. The first-order valence-electron chi connectivity index (χ1n) is 12.4. The Morgan fingerprint density at radius 3 is 1.89 bits per heavy atom. The Bertz CT molecular complexity index is 1060. The van der Waals surface area contributed by atoms with E-state index in [1.807, 2.05) is 29.2 Å². The molecular weight excluding hydrogens is 496 g/mol. The zero-order chi connectivity index (χ0) is 27.5. The molecule has 0 bridgehead atoms. The number of carbonyl (C=O) groups excluding carboxylic acids is 4. The van der Waals surface area contributed by atoms with Gasteiger partial charge in [0.1, 0.15) is 0 Å². The van der Waals surface area contributed by atoms with Crippen molar-refractivity contribution < 1.29 is 29.1 Å². The highest BCUT2D eigenvalue weighted by Crippen LogP contribution is 2.10. The Morgan fingerprint density at radius 2 is 1.34 bits per heavy atom. The number of carboxylic acid groups (broad SMARTS) is 1. The van der Waals surface area contributed by atoms with Crippen molar-refractivity contribution in [1.82, 2.24) is 24.9 Å². The summed E-state index contributed by atoms with van der Waals surface area (Å²) in [6.45, 7) is 3.92. The number of nitrogens with zero attached hydrogens (tertiary/aromatic N) is 5. The normalized spacial score (nSPS) is 17.6. The second-order valence-corrected chi connectivity index (χ2v) is 9.21. The van der Waals surface area contributed by atoms with E-state index < -0.39 is 11.9 Å². The predicted octanol–water partition coefficient (Wildman–Crippen LogP) is -0.932. The molecule has 13 heteroatoms. The van der Waals surface area contributed by atoms with Crippen LogP contribution >= 0.6 is 0 Å². The fraction of sp³-hybridized carbons (Fsp3) is 0.480. The second-order valence-electron chi connectivity index (χ2n) is 9.21. The Hall–Kier alpha value is -3.81. The third-order valence-corrected chi connectivity index (χ3v) is 6.37. The first kappa shape index (κ1) is 28.8. The van der Waals surface area contributed by atoms with Crippen LogP contribution < -0.4 is 5.32 Å². The van der Waals surface area contributed by atoms with Crippen molar-refractivity contribution in [2.24, 2.45) is 5.18 Å². The quantitative estimate of drug-likeness (QED) is 0.271. The van der Waals surface area contributed by atoms with E-state index >= 15 is 0 Å². The highest BCUT2D eigenvalue weighted by Gasteiger charge is 2.23. The van der Waals surface area contributed by atoms with E-state index in [4.69, 9.17) is 0 Å². The van der Waals surface area contributed by atoms with Crippen molar-refractivity contribution in [3.63, 3.8) is 0 Å². The number of nitroso groups, excluding NO2 is 1. The van der Waals surface area contributed by atoms with E-state index in [2.05, 4.69) is 15.4 Å². The van der Waals surface area contributed by atoms with Gasteiger partial charge in [0.2, 0.25) is 5.91 Å². The van der Waals surface area contributed by atoms with Crippen LogP contribution in [0.1, 0.15) is 11.1 Å². The molecule has 0 aliphatic carbocycles. The lowest BCUT2D eigenvalue weighted by Crippen LogP contribution is -2.40. The Kier molecular flexibility index (Phi) is 10.8. The van der Waals surface area contributed by atoms with Crippen LogP contribution in [0.25, 0.3) is 0 Å². The number of imide groups is 1. The first-order chi connectivity index (χ1) is 18.2. The zero-order valence-corrected chi connectivity index (χ0v) is 21.1. The summed E-state index contributed by atoms with van der Waals surface area (Å²) in [4.78, 5) is 75.6. The van der Waals surface area contributed by atoms with Gasteiger partial charge in [0.15, 0.2) is 0 Å². The molecule has 0 spiro atoms. The van der Waals surface area contributed by atoms with Gasteiger partial charge in [-0.2, -0.15) is 0 Å². The number of hydrogen-bond acceptors (Lipinski definition) is 9. The molecule has 2 N–H and O–H groups in total. The lowest BCUT2D eigenvalue weighted by atomic mass is 10.1. The molecule has 38 heavy (non-hydrogen) atoms. The average Bonchev–Trinajstić information content (AvgIpc) is 3.24. The van der Waals surface area contributed by atoms with Gasteiger partial charge in [0.05, 0.1) is 19.5 Å². The SMILES string of the molecule is O=NC(=O)CN1CCN(CC(=O)O)CCN(Cc2ccc(CC(=O)NCCN3C(=O)C=CC3=O)cc2)CC1. The van der Waals surface area contributed by atoms with Crippen LogP contribution in [-0.4, -0.2) is 120 Å². The van der Waals surface area contributed by atoms with Crippen LogP contribution in [0.2, 0.25) is 0 Å². The first-order valence-corrected chi connectivity index (χ1v) is 12.4. The Balaban J connectivity index is 1.51. The number of carbonyl (C=O) groups is 5. The standard InChI is InChI=1S/C25H32N6O7/c32-21(26-7-8-31-23(34)5-6-24(31)35)15-19-1-3-20(4-2-19)16-28-9-11-29(17-22(33)27-38)12-14-30(13-10-28)18-25(36)37/h1-6H,7-18H2,(H,26,32)(H,36,37). The van der Waals surface area contributed by atoms with Crippen molar-refractivity contribution in [1.29, 1.82) is 0 Å². The summed E-state index contributed by atoms with van der Waals surface area (Å²) in [5.41, 5.74) is 1.82. The second kappa shape index (κ2) is 14.2. The van der Waals surface area contributed by atoms with Crippen LogP contribution in [0.3, 0.4) is 0 Å². The predicted molar refractivity (Wildman–Crippen MR) is 136 cm³/mol. The summed E-state index contributed by atoms with van der Waals surface area (Å²) in [7, 11) is 0. The minimum absolute atomic E-state index is 0.101. The highest BCUT2D eigenvalue weighted by atomic mass is 16.4. The number of rotatable bonds is 11. The van der Waals surface area contributed by atoms with Crippen molar-refractivity contribution in [3.05, 3.63) is 52.5 Å². The van der Waals surface area contributed by atoms with Gasteiger partial charge >= 0.3 is 5.97 Å². The lowest BCUT2D eigenvalue weighted by Gasteiger charge is -2.25. The zero-order valence-electron chi connectivity index (χ0n) is 21.1. The molecule has 0 radical (unpaired) electrons. The van der Waals surface area contributed by atoms with Crippen molar-refractivity contribution in [2.75, 3.05) is 65.4 Å². The minimum atomic E-state index is -0.928. The van der Waals surface area contributed by atoms with Gasteiger partial charge in [-0.25, -0.2) is 0 Å². The molecule has 0 atom stereocenters. The largest absolute Gasteiger partial charge is 0.480 e. The summed E-state index contributed by atoms with van der Waals surface area (Å²) in [6.07, 6.45) is 2.56. The van der Waals surface area contributed by atoms with Gasteiger partial charge in [-0.15, -0.1) is 4.91 Å². The van der Waals surface area contributed by atoms with Gasteiger partial charge in [-0.1, -0.05) is 24.3 Å². The van der Waals surface area contributed by atoms with E-state index in [0.29, 0.717) is 45.8 Å². The minimum Gasteiger partial charge on any atom is -0.480 e. The fourth-order valence-corrected chi connectivity index (χ4v) is 4.30. The molecule has 2 aliphatic heterocycles. The molecule has 1 aromatic rings. The molecular formula is C25H32N6O7. The number of benzene rings is 1. The summed E-state index contributed by atoms with van der Waals surface area (Å²) in [5, 5.41) is 14.4. The van der Waals surface area contributed by atoms with E-state index in [1.54, 1.807) is 4.90 Å². The van der Waals surface area contributed by atoms with Gasteiger partial charge in [-0.3, -0.25) is 43.6 Å². The highest BCUT2D eigenvalue weighted by molar-refractivity contribution is 6.12. The molecule has 0 unspecified atom stereocenters. The van der Waals surface area contributed by atoms with Crippen LogP contribution in [0.5, 0.6) is 0 Å². The molecule has 1 aromatic carbocycles. The van der Waals surface area contributed by atoms with Crippen molar-refractivity contribution >= 4 is 29.6 Å². The number of amides is 4. The van der Waals surface area contributed by atoms with Gasteiger partial charge in [0.25, 0.3) is 17.7 Å². The molecule has 0 aromatic heterocycles. The molecule has 4 amide bonds. The molecule has 3 rings (SSSR count). The van der Waals surface area contributed by atoms with E-state index in [-0.39, 0.29) is 50.3 Å². The molecule has 0 saturated carbocycles. The average molecular weight is 529 g/mol. The number of aliphatic carboxylic acids is 1. The van der Waals surface area contributed by atoms with E-state index in [0.717, 1.165) is 16.0 Å². The molecule has 2 heterocycles. The van der Waals surface area contributed by atoms with Gasteiger partial charge in [-0.05, 0) is 11.1 Å². The molecule has 2 aliphatic rings. The summed E-state index contributed by atoms with van der Waals surface area (Å²) in [5.74, 6) is -2.67. The molecule has 1 fully saturated rings. The number of carboxylic acids is 1. The maximum Gasteiger partial charge on any atom is 0.317 e. The number of hydrogen-bond donors (Lipinski definition) is 2. The molecule has 204 valence electrons. The van der Waals surface area contributed by atoms with Gasteiger partial charge < -0.3 is 10.4 Å². The van der Waals surface area contributed by atoms with Crippen LogP contribution in [0.15, 0.2) is 41.6 Å². The molecule has 13 nitrogen and oxygen atoms in total. The topological polar surface area (TPSA) is 160 Å². The third-order valence-electron chi connectivity index (χ3n) is 6.37. The summed E-state index contributed by atoms with van der Waals surface area (Å²) >= 11 is 0. The van der Waals surface area contributed by atoms with Crippen LogP contribution in [-0.2, 0) is 36.9 Å². The lowest BCUT2D eigenvalue weighted by molar-refractivity contribution is -0.139.